The zero-order valence-electron chi connectivity index (χ0n) is 8.27. The molecule has 1 heterocycles. The Hall–Kier alpha value is -1.06. The molecule has 0 spiro atoms. The summed E-state index contributed by atoms with van der Waals surface area (Å²) in [5, 5.41) is 0. The van der Waals surface area contributed by atoms with E-state index in [-0.39, 0.29) is 12.0 Å². The minimum absolute atomic E-state index is 0.0173. The van der Waals surface area contributed by atoms with Gasteiger partial charge in [0.15, 0.2) is 0 Å². The Morgan fingerprint density at radius 3 is 3.14 bits per heavy atom. The van der Waals surface area contributed by atoms with Gasteiger partial charge in [0.2, 0.25) is 0 Å². The van der Waals surface area contributed by atoms with Gasteiger partial charge in [-0.3, -0.25) is 0 Å². The van der Waals surface area contributed by atoms with Gasteiger partial charge in [0.05, 0.1) is 13.2 Å². The van der Waals surface area contributed by atoms with Crippen molar-refractivity contribution in [2.45, 2.75) is 12.0 Å². The van der Waals surface area contributed by atoms with Crippen LogP contribution in [0.2, 0.25) is 0 Å². The Morgan fingerprint density at radius 1 is 1.57 bits per heavy atom. The molecule has 0 bridgehead atoms. The van der Waals surface area contributed by atoms with Crippen molar-refractivity contribution >= 4 is 0 Å². The van der Waals surface area contributed by atoms with Crippen LogP contribution in [-0.2, 0) is 4.74 Å². The summed E-state index contributed by atoms with van der Waals surface area (Å²) >= 11 is 0. The van der Waals surface area contributed by atoms with Gasteiger partial charge in [0, 0.05) is 24.6 Å². The molecule has 1 aromatic rings. The van der Waals surface area contributed by atoms with E-state index in [1.54, 1.807) is 7.11 Å². The smallest absolute Gasteiger partial charge is 0.122 e. The SMILES string of the molecule is COCC(N)C1COc2ccccc21. The van der Waals surface area contributed by atoms with Gasteiger partial charge in [-0.05, 0) is 6.07 Å². The lowest BCUT2D eigenvalue weighted by atomic mass is 9.94. The molecule has 2 N–H and O–H groups in total. The molecule has 0 amide bonds. The molecule has 2 rings (SSSR count). The maximum atomic E-state index is 6.00. The van der Waals surface area contributed by atoms with E-state index in [4.69, 9.17) is 15.2 Å². The van der Waals surface area contributed by atoms with Crippen LogP contribution in [0.25, 0.3) is 0 Å². The average molecular weight is 193 g/mol. The first kappa shape index (κ1) is 9.49. The minimum Gasteiger partial charge on any atom is -0.493 e. The maximum Gasteiger partial charge on any atom is 0.122 e. The van der Waals surface area contributed by atoms with Crippen molar-refractivity contribution in [3.63, 3.8) is 0 Å². The number of hydrogen-bond acceptors (Lipinski definition) is 3. The predicted octanol–water partition coefficient (Wildman–Crippen LogP) is 1.14. The fourth-order valence-corrected chi connectivity index (χ4v) is 1.85. The van der Waals surface area contributed by atoms with E-state index < -0.39 is 0 Å². The highest BCUT2D eigenvalue weighted by atomic mass is 16.5. The van der Waals surface area contributed by atoms with Crippen LogP contribution >= 0.6 is 0 Å². The summed E-state index contributed by atoms with van der Waals surface area (Å²) in [5.74, 6) is 1.23. The molecule has 0 radical (unpaired) electrons. The number of rotatable bonds is 3. The molecule has 76 valence electrons. The molecule has 3 nitrogen and oxygen atoms in total. The Kier molecular flexibility index (Phi) is 2.70. The molecule has 2 unspecified atom stereocenters. The Balaban J connectivity index is 2.17. The van der Waals surface area contributed by atoms with E-state index in [2.05, 4.69) is 6.07 Å². The number of para-hydroxylation sites is 1. The summed E-state index contributed by atoms with van der Waals surface area (Å²) in [7, 11) is 1.67. The fraction of sp³-hybridized carbons (Fsp3) is 0.455. The number of fused-ring (bicyclic) bond motifs is 1. The Bertz CT molecular complexity index is 314. The summed E-state index contributed by atoms with van der Waals surface area (Å²) in [6.07, 6.45) is 0. The Morgan fingerprint density at radius 2 is 2.36 bits per heavy atom. The van der Waals surface area contributed by atoms with E-state index in [1.807, 2.05) is 18.2 Å². The quantitative estimate of drug-likeness (QED) is 0.782. The number of benzene rings is 1. The van der Waals surface area contributed by atoms with E-state index in [0.717, 1.165) is 5.75 Å². The first-order chi connectivity index (χ1) is 6.83. The minimum atomic E-state index is 0.0173. The first-order valence-corrected chi connectivity index (χ1v) is 4.79. The maximum absolute atomic E-state index is 6.00. The predicted molar refractivity (Wildman–Crippen MR) is 54.5 cm³/mol. The zero-order chi connectivity index (χ0) is 9.97. The molecule has 0 aliphatic carbocycles. The third-order valence-corrected chi connectivity index (χ3v) is 2.61. The van der Waals surface area contributed by atoms with E-state index >= 15 is 0 Å². The van der Waals surface area contributed by atoms with Crippen LogP contribution in [-0.4, -0.2) is 26.4 Å². The van der Waals surface area contributed by atoms with Crippen molar-refractivity contribution in [1.82, 2.24) is 0 Å². The number of hydrogen-bond donors (Lipinski definition) is 1. The van der Waals surface area contributed by atoms with E-state index in [9.17, 15) is 0 Å². The van der Waals surface area contributed by atoms with Crippen LogP contribution in [0.5, 0.6) is 5.75 Å². The summed E-state index contributed by atoms with van der Waals surface area (Å²) < 4.78 is 10.6. The lowest BCUT2D eigenvalue weighted by Gasteiger charge is -2.16. The first-order valence-electron chi connectivity index (χ1n) is 4.79. The normalized spacial score (nSPS) is 21.4. The van der Waals surface area contributed by atoms with Crippen LogP contribution < -0.4 is 10.5 Å². The molecular formula is C11H15NO2. The van der Waals surface area contributed by atoms with Gasteiger partial charge in [0.1, 0.15) is 5.75 Å². The van der Waals surface area contributed by atoms with Gasteiger partial charge < -0.3 is 15.2 Å². The largest absolute Gasteiger partial charge is 0.493 e. The lowest BCUT2D eigenvalue weighted by molar-refractivity contribution is 0.163. The van der Waals surface area contributed by atoms with Crippen molar-refractivity contribution in [2.24, 2.45) is 5.73 Å². The summed E-state index contributed by atoms with van der Waals surface area (Å²) in [6.45, 7) is 1.24. The molecule has 0 aromatic heterocycles. The average Bonchev–Trinajstić information content (AvgIpc) is 2.61. The topological polar surface area (TPSA) is 44.5 Å². The van der Waals surface area contributed by atoms with Gasteiger partial charge in [-0.2, -0.15) is 0 Å². The lowest BCUT2D eigenvalue weighted by Crippen LogP contribution is -2.33. The van der Waals surface area contributed by atoms with Crippen LogP contribution in [0.4, 0.5) is 0 Å². The van der Waals surface area contributed by atoms with Crippen LogP contribution in [0.15, 0.2) is 24.3 Å². The molecule has 3 heteroatoms. The van der Waals surface area contributed by atoms with Crippen molar-refractivity contribution in [3.8, 4) is 5.75 Å². The highest BCUT2D eigenvalue weighted by Gasteiger charge is 2.28. The summed E-state index contributed by atoms with van der Waals surface area (Å²) in [6, 6.07) is 8.06. The molecular weight excluding hydrogens is 178 g/mol. The van der Waals surface area contributed by atoms with Crippen molar-refractivity contribution in [3.05, 3.63) is 29.8 Å². The third kappa shape index (κ3) is 1.61. The number of ether oxygens (including phenoxy) is 2. The number of nitrogens with two attached hydrogens (primary N) is 1. The molecule has 0 fully saturated rings. The van der Waals surface area contributed by atoms with E-state index in [1.165, 1.54) is 5.56 Å². The van der Waals surface area contributed by atoms with Crippen LogP contribution in [0.3, 0.4) is 0 Å². The second kappa shape index (κ2) is 3.98. The van der Waals surface area contributed by atoms with Crippen LogP contribution in [0, 0.1) is 0 Å². The molecule has 0 saturated carbocycles. The molecule has 1 aromatic carbocycles. The third-order valence-electron chi connectivity index (χ3n) is 2.61. The standard InChI is InChI=1S/C11H15NO2/c1-13-7-10(12)9-6-14-11-5-3-2-4-8(9)11/h2-5,9-10H,6-7,12H2,1H3. The highest BCUT2D eigenvalue weighted by molar-refractivity contribution is 5.40. The van der Waals surface area contributed by atoms with Crippen molar-refractivity contribution < 1.29 is 9.47 Å². The number of methoxy groups -OCH3 is 1. The monoisotopic (exact) mass is 193 g/mol. The summed E-state index contributed by atoms with van der Waals surface area (Å²) in [4.78, 5) is 0. The van der Waals surface area contributed by atoms with Crippen molar-refractivity contribution in [1.29, 1.82) is 0 Å². The van der Waals surface area contributed by atoms with Gasteiger partial charge in [-0.1, -0.05) is 18.2 Å². The summed E-state index contributed by atoms with van der Waals surface area (Å²) in [5.41, 5.74) is 7.20. The molecule has 1 aliphatic rings. The Labute approximate surface area is 83.8 Å². The van der Waals surface area contributed by atoms with Gasteiger partial charge in [-0.25, -0.2) is 0 Å². The highest BCUT2D eigenvalue weighted by Crippen LogP contribution is 2.34. The zero-order valence-corrected chi connectivity index (χ0v) is 8.27. The van der Waals surface area contributed by atoms with Gasteiger partial charge in [0.25, 0.3) is 0 Å². The van der Waals surface area contributed by atoms with Crippen LogP contribution in [0.1, 0.15) is 11.5 Å². The van der Waals surface area contributed by atoms with Gasteiger partial charge in [-0.15, -0.1) is 0 Å². The fourth-order valence-electron chi connectivity index (χ4n) is 1.85. The van der Waals surface area contributed by atoms with Gasteiger partial charge >= 0.3 is 0 Å². The molecule has 0 saturated heterocycles. The van der Waals surface area contributed by atoms with E-state index in [0.29, 0.717) is 13.2 Å². The molecule has 14 heavy (non-hydrogen) atoms. The molecule has 2 atom stereocenters. The second-order valence-corrected chi connectivity index (χ2v) is 3.57. The molecule has 1 aliphatic heterocycles. The van der Waals surface area contributed by atoms with Crippen molar-refractivity contribution in [2.75, 3.05) is 20.3 Å². The second-order valence-electron chi connectivity index (χ2n) is 3.57.